The van der Waals surface area contributed by atoms with Crippen LogP contribution < -0.4 is 0 Å². The van der Waals surface area contributed by atoms with Gasteiger partial charge < -0.3 is 0 Å². The van der Waals surface area contributed by atoms with Crippen molar-refractivity contribution in [3.8, 4) is 0 Å². The fourth-order valence-electron chi connectivity index (χ4n) is 5.66. The molecule has 3 rings (SSSR count). The zero-order valence-electron chi connectivity index (χ0n) is 14.2. The molecule has 0 saturated heterocycles. The highest BCUT2D eigenvalue weighted by atomic mass is 16.1. The van der Waals surface area contributed by atoms with E-state index in [1.807, 2.05) is 6.08 Å². The summed E-state index contributed by atoms with van der Waals surface area (Å²) in [6, 6.07) is 0. The van der Waals surface area contributed by atoms with Gasteiger partial charge in [0.2, 0.25) is 0 Å². The van der Waals surface area contributed by atoms with Gasteiger partial charge in [0.05, 0.1) is 0 Å². The second kappa shape index (κ2) is 4.57. The minimum Gasteiger partial charge on any atom is -0.295 e. The molecule has 0 spiro atoms. The van der Waals surface area contributed by atoms with Gasteiger partial charge >= 0.3 is 0 Å². The Morgan fingerprint density at radius 1 is 1.19 bits per heavy atom. The Kier molecular flexibility index (Phi) is 3.28. The Labute approximate surface area is 129 Å². The Bertz CT molecular complexity index is 512. The number of carbonyl (C=O) groups excluding carboxylic acids is 1. The molecule has 3 aliphatic carbocycles. The maximum absolute atomic E-state index is 12.8. The van der Waals surface area contributed by atoms with E-state index in [2.05, 4.69) is 40.3 Å². The molecular formula is C20H30O. The summed E-state index contributed by atoms with van der Waals surface area (Å²) in [5.41, 5.74) is 1.80. The molecule has 0 aliphatic heterocycles. The van der Waals surface area contributed by atoms with Gasteiger partial charge in [-0.05, 0) is 53.9 Å². The summed E-state index contributed by atoms with van der Waals surface area (Å²) < 4.78 is 0. The third-order valence-corrected chi connectivity index (χ3v) is 7.08. The molecule has 4 atom stereocenters. The summed E-state index contributed by atoms with van der Waals surface area (Å²) >= 11 is 0. The first kappa shape index (κ1) is 15.1. The highest BCUT2D eigenvalue weighted by Gasteiger charge is 2.56. The molecule has 0 heterocycles. The van der Waals surface area contributed by atoms with Crippen molar-refractivity contribution in [1.29, 1.82) is 0 Å². The first-order valence-corrected chi connectivity index (χ1v) is 8.61. The summed E-state index contributed by atoms with van der Waals surface area (Å²) in [4.78, 5) is 12.8. The SMILES string of the molecule is C=C[C@]1(C)C=C2C(=O)C[C@H]3C(C)(C)CCC[C@]3(C)[C@H]2CC1. The number of ketones is 1. The summed E-state index contributed by atoms with van der Waals surface area (Å²) in [7, 11) is 0. The van der Waals surface area contributed by atoms with Crippen molar-refractivity contribution in [3.05, 3.63) is 24.3 Å². The van der Waals surface area contributed by atoms with Gasteiger partial charge in [-0.25, -0.2) is 0 Å². The fourth-order valence-corrected chi connectivity index (χ4v) is 5.66. The molecule has 1 nitrogen and oxygen atoms in total. The first-order valence-electron chi connectivity index (χ1n) is 8.61. The fraction of sp³-hybridized carbons (Fsp3) is 0.750. The minimum atomic E-state index is 0.0227. The molecule has 0 aromatic rings. The Morgan fingerprint density at radius 2 is 1.90 bits per heavy atom. The van der Waals surface area contributed by atoms with Crippen molar-refractivity contribution in [3.63, 3.8) is 0 Å². The summed E-state index contributed by atoms with van der Waals surface area (Å²) in [5.74, 6) is 1.46. The molecule has 0 N–H and O–H groups in total. The lowest BCUT2D eigenvalue weighted by Gasteiger charge is -2.58. The van der Waals surface area contributed by atoms with E-state index in [1.165, 1.54) is 19.3 Å². The third-order valence-electron chi connectivity index (χ3n) is 7.08. The molecule has 0 amide bonds. The van der Waals surface area contributed by atoms with Crippen molar-refractivity contribution >= 4 is 5.78 Å². The van der Waals surface area contributed by atoms with Gasteiger partial charge in [0.15, 0.2) is 5.78 Å². The van der Waals surface area contributed by atoms with E-state index >= 15 is 0 Å². The molecule has 0 bridgehead atoms. The van der Waals surface area contributed by atoms with Crippen LogP contribution in [-0.2, 0) is 4.79 Å². The molecule has 0 aromatic heterocycles. The van der Waals surface area contributed by atoms with Crippen LogP contribution >= 0.6 is 0 Å². The van der Waals surface area contributed by atoms with E-state index in [0.717, 1.165) is 24.8 Å². The zero-order valence-corrected chi connectivity index (χ0v) is 14.2. The van der Waals surface area contributed by atoms with E-state index in [4.69, 9.17) is 0 Å². The molecule has 2 saturated carbocycles. The third kappa shape index (κ3) is 2.15. The molecule has 1 heteroatoms. The van der Waals surface area contributed by atoms with Crippen LogP contribution in [0.5, 0.6) is 0 Å². The smallest absolute Gasteiger partial charge is 0.159 e. The Hall–Kier alpha value is -0.850. The van der Waals surface area contributed by atoms with Gasteiger partial charge in [0.25, 0.3) is 0 Å². The quantitative estimate of drug-likeness (QED) is 0.596. The topological polar surface area (TPSA) is 17.1 Å². The van der Waals surface area contributed by atoms with Crippen molar-refractivity contribution in [2.24, 2.45) is 28.1 Å². The van der Waals surface area contributed by atoms with Crippen LogP contribution in [0.1, 0.15) is 66.2 Å². The van der Waals surface area contributed by atoms with Crippen LogP contribution in [0, 0.1) is 28.1 Å². The average molecular weight is 286 g/mol. The van der Waals surface area contributed by atoms with Crippen LogP contribution in [-0.4, -0.2) is 5.78 Å². The van der Waals surface area contributed by atoms with Crippen molar-refractivity contribution < 1.29 is 4.79 Å². The standard InChI is InChI=1S/C20H30O/c1-6-19(4)11-8-15-14(13-19)16(21)12-17-18(2,3)9-7-10-20(15,17)5/h6,13,15,17H,1,7-12H2,2-5H3/t15-,17-,19-,20+/m0/s1. The largest absolute Gasteiger partial charge is 0.295 e. The second-order valence-corrected chi connectivity index (χ2v) is 8.93. The van der Waals surface area contributed by atoms with Crippen LogP contribution in [0.2, 0.25) is 0 Å². The van der Waals surface area contributed by atoms with E-state index in [9.17, 15) is 4.79 Å². The highest BCUT2D eigenvalue weighted by molar-refractivity contribution is 5.97. The number of Topliss-reactive ketones (excluding diaryl/α,β-unsaturated/α-hetero) is 1. The van der Waals surface area contributed by atoms with Gasteiger partial charge in [-0.2, -0.15) is 0 Å². The van der Waals surface area contributed by atoms with Crippen molar-refractivity contribution in [2.75, 3.05) is 0 Å². The Balaban J connectivity index is 2.05. The minimum absolute atomic E-state index is 0.0227. The molecule has 2 fully saturated rings. The molecule has 21 heavy (non-hydrogen) atoms. The predicted octanol–water partition coefficient (Wildman–Crippen LogP) is 5.32. The first-order chi connectivity index (χ1) is 9.72. The lowest BCUT2D eigenvalue weighted by molar-refractivity contribution is -0.131. The van der Waals surface area contributed by atoms with Gasteiger partial charge in [0.1, 0.15) is 0 Å². The number of allylic oxidation sites excluding steroid dienone is 3. The maximum Gasteiger partial charge on any atom is 0.159 e. The summed E-state index contributed by atoms with van der Waals surface area (Å²) in [6.45, 7) is 13.4. The van der Waals surface area contributed by atoms with Gasteiger partial charge in [-0.1, -0.05) is 46.3 Å². The Morgan fingerprint density at radius 3 is 2.57 bits per heavy atom. The predicted molar refractivity (Wildman–Crippen MR) is 88.0 cm³/mol. The molecule has 0 radical (unpaired) electrons. The number of hydrogen-bond acceptors (Lipinski definition) is 1. The average Bonchev–Trinajstić information content (AvgIpc) is 2.41. The lowest BCUT2D eigenvalue weighted by atomic mass is 9.45. The number of fused-ring (bicyclic) bond motifs is 3. The normalized spacial score (nSPS) is 45.3. The zero-order chi connectivity index (χ0) is 15.5. The number of carbonyl (C=O) groups is 1. The number of hydrogen-bond donors (Lipinski definition) is 0. The summed E-state index contributed by atoms with van der Waals surface area (Å²) in [5, 5.41) is 0. The van der Waals surface area contributed by atoms with Gasteiger partial charge in [-0.15, -0.1) is 6.58 Å². The second-order valence-electron chi connectivity index (χ2n) is 8.93. The monoisotopic (exact) mass is 286 g/mol. The van der Waals surface area contributed by atoms with Crippen molar-refractivity contribution in [2.45, 2.75) is 66.2 Å². The maximum atomic E-state index is 12.8. The molecule has 3 aliphatic rings. The molecular weight excluding hydrogens is 256 g/mol. The molecule has 0 unspecified atom stereocenters. The number of rotatable bonds is 1. The molecule has 116 valence electrons. The van der Waals surface area contributed by atoms with Crippen LogP contribution in [0.3, 0.4) is 0 Å². The van der Waals surface area contributed by atoms with Crippen molar-refractivity contribution in [1.82, 2.24) is 0 Å². The van der Waals surface area contributed by atoms with E-state index in [0.29, 0.717) is 28.4 Å². The van der Waals surface area contributed by atoms with E-state index in [-0.39, 0.29) is 5.41 Å². The highest BCUT2D eigenvalue weighted by Crippen LogP contribution is 2.62. The van der Waals surface area contributed by atoms with Crippen LogP contribution in [0.4, 0.5) is 0 Å². The van der Waals surface area contributed by atoms with Crippen LogP contribution in [0.15, 0.2) is 24.3 Å². The van der Waals surface area contributed by atoms with Crippen LogP contribution in [0.25, 0.3) is 0 Å². The van der Waals surface area contributed by atoms with E-state index in [1.54, 1.807) is 0 Å². The lowest BCUT2D eigenvalue weighted by Crippen LogP contribution is -2.53. The summed E-state index contributed by atoms with van der Waals surface area (Å²) in [6.07, 6.45) is 11.2. The molecule has 0 aromatic carbocycles. The van der Waals surface area contributed by atoms with Gasteiger partial charge in [-0.3, -0.25) is 4.79 Å². The van der Waals surface area contributed by atoms with Gasteiger partial charge in [0, 0.05) is 11.8 Å². The van der Waals surface area contributed by atoms with E-state index < -0.39 is 0 Å².